The molecule has 0 aromatic heterocycles. The van der Waals surface area contributed by atoms with E-state index in [0.717, 1.165) is 12.8 Å². The number of halogens is 1. The van der Waals surface area contributed by atoms with E-state index in [0.29, 0.717) is 29.5 Å². The van der Waals surface area contributed by atoms with Crippen molar-refractivity contribution in [2.75, 3.05) is 26.6 Å². The number of rotatable bonds is 8. The number of hydrogen-bond donors (Lipinski definition) is 1. The molecule has 118 valence electrons. The number of ether oxygens (including phenoxy) is 2. The fourth-order valence-electron chi connectivity index (χ4n) is 2.09. The first-order valence-corrected chi connectivity index (χ1v) is 7.65. The molecule has 0 fully saturated rings. The second kappa shape index (κ2) is 8.13. The Kier molecular flexibility index (Phi) is 6.82. The molecule has 1 amide bonds. The van der Waals surface area contributed by atoms with Crippen molar-refractivity contribution < 1.29 is 14.3 Å². The zero-order chi connectivity index (χ0) is 15.9. The number of carbonyl (C=O) groups excluding carboxylic acids is 1. The maximum absolute atomic E-state index is 12.4. The lowest BCUT2D eigenvalue weighted by atomic mass is 9.84. The maximum atomic E-state index is 12.4. The summed E-state index contributed by atoms with van der Waals surface area (Å²) in [6, 6.07) is 5.16. The summed E-state index contributed by atoms with van der Waals surface area (Å²) in [4.78, 5) is 12.4. The first kappa shape index (κ1) is 17.6. The topological polar surface area (TPSA) is 47.6 Å². The number of hydrogen-bond acceptors (Lipinski definition) is 3. The Labute approximate surface area is 131 Å². The number of carbonyl (C=O) groups is 1. The third kappa shape index (κ3) is 4.27. The highest BCUT2D eigenvalue weighted by molar-refractivity contribution is 6.18. The van der Waals surface area contributed by atoms with Gasteiger partial charge in [-0.2, -0.15) is 0 Å². The highest BCUT2D eigenvalue weighted by Crippen LogP contribution is 2.28. The van der Waals surface area contributed by atoms with Crippen LogP contribution in [0.25, 0.3) is 0 Å². The monoisotopic (exact) mass is 313 g/mol. The Morgan fingerprint density at radius 1 is 1.24 bits per heavy atom. The molecule has 0 heterocycles. The van der Waals surface area contributed by atoms with Crippen LogP contribution in [0.5, 0.6) is 11.5 Å². The second-order valence-electron chi connectivity index (χ2n) is 5.09. The summed E-state index contributed by atoms with van der Waals surface area (Å²) in [7, 11) is 3.11. The average Bonchev–Trinajstić information content (AvgIpc) is 2.55. The van der Waals surface area contributed by atoms with Crippen molar-refractivity contribution in [2.45, 2.75) is 26.7 Å². The van der Waals surface area contributed by atoms with Crippen LogP contribution in [0, 0.1) is 5.41 Å². The average molecular weight is 314 g/mol. The van der Waals surface area contributed by atoms with Gasteiger partial charge in [0.2, 0.25) is 0 Å². The van der Waals surface area contributed by atoms with E-state index in [1.54, 1.807) is 32.4 Å². The van der Waals surface area contributed by atoms with Gasteiger partial charge in [-0.25, -0.2) is 0 Å². The highest BCUT2D eigenvalue weighted by atomic mass is 35.5. The minimum Gasteiger partial charge on any atom is -0.497 e. The molecule has 0 aliphatic rings. The Bertz CT molecular complexity index is 464. The van der Waals surface area contributed by atoms with Crippen LogP contribution in [-0.4, -0.2) is 32.6 Å². The molecule has 0 unspecified atom stereocenters. The van der Waals surface area contributed by atoms with Gasteiger partial charge in [0.05, 0.1) is 19.8 Å². The molecule has 5 heteroatoms. The second-order valence-corrected chi connectivity index (χ2v) is 5.36. The third-order valence-electron chi connectivity index (χ3n) is 4.06. The zero-order valence-corrected chi connectivity index (χ0v) is 13.9. The van der Waals surface area contributed by atoms with Gasteiger partial charge in [0.25, 0.3) is 5.91 Å². The van der Waals surface area contributed by atoms with Crippen molar-refractivity contribution in [1.29, 1.82) is 0 Å². The van der Waals surface area contributed by atoms with Crippen LogP contribution < -0.4 is 14.8 Å². The molecule has 1 aromatic carbocycles. The Balaban J connectivity index is 2.88. The van der Waals surface area contributed by atoms with Crippen LogP contribution in [0.3, 0.4) is 0 Å². The SMILES string of the molecule is CCC(CC)(CCl)CNC(=O)c1cc(OC)ccc1OC. The molecule has 0 spiro atoms. The lowest BCUT2D eigenvalue weighted by molar-refractivity contribution is 0.0928. The molecule has 4 nitrogen and oxygen atoms in total. The van der Waals surface area contributed by atoms with Crippen molar-refractivity contribution in [3.05, 3.63) is 23.8 Å². The van der Waals surface area contributed by atoms with Crippen molar-refractivity contribution in [1.82, 2.24) is 5.32 Å². The summed E-state index contributed by atoms with van der Waals surface area (Å²) < 4.78 is 10.4. The molecule has 21 heavy (non-hydrogen) atoms. The summed E-state index contributed by atoms with van der Waals surface area (Å²) in [5.74, 6) is 1.49. The first-order chi connectivity index (χ1) is 10.1. The van der Waals surface area contributed by atoms with E-state index in [1.165, 1.54) is 0 Å². The van der Waals surface area contributed by atoms with E-state index in [1.807, 2.05) is 0 Å². The first-order valence-electron chi connectivity index (χ1n) is 7.12. The van der Waals surface area contributed by atoms with Crippen LogP contribution in [0.1, 0.15) is 37.0 Å². The Hall–Kier alpha value is -1.42. The number of methoxy groups -OCH3 is 2. The standard InChI is InChI=1S/C16H24ClNO3/c1-5-16(6-2,10-17)11-18-15(19)13-9-12(20-3)7-8-14(13)21-4/h7-9H,5-6,10-11H2,1-4H3,(H,18,19). The van der Waals surface area contributed by atoms with Crippen LogP contribution in [0.2, 0.25) is 0 Å². The van der Waals surface area contributed by atoms with Crippen LogP contribution in [-0.2, 0) is 0 Å². The van der Waals surface area contributed by atoms with Gasteiger partial charge in [-0.15, -0.1) is 11.6 Å². The molecule has 1 aromatic rings. The van der Waals surface area contributed by atoms with E-state index in [2.05, 4.69) is 19.2 Å². The van der Waals surface area contributed by atoms with Crippen LogP contribution in [0.15, 0.2) is 18.2 Å². The van der Waals surface area contributed by atoms with Gasteiger partial charge < -0.3 is 14.8 Å². The molecular weight excluding hydrogens is 290 g/mol. The third-order valence-corrected chi connectivity index (χ3v) is 4.63. The lowest BCUT2D eigenvalue weighted by Gasteiger charge is -2.29. The van der Waals surface area contributed by atoms with Gasteiger partial charge in [0.1, 0.15) is 11.5 Å². The van der Waals surface area contributed by atoms with Crippen LogP contribution in [0.4, 0.5) is 0 Å². The summed E-state index contributed by atoms with van der Waals surface area (Å²) in [5.41, 5.74) is 0.399. The summed E-state index contributed by atoms with van der Waals surface area (Å²) >= 11 is 6.06. The fourth-order valence-corrected chi connectivity index (χ4v) is 2.56. The maximum Gasteiger partial charge on any atom is 0.255 e. The number of benzene rings is 1. The molecule has 0 saturated heterocycles. The highest BCUT2D eigenvalue weighted by Gasteiger charge is 2.26. The van der Waals surface area contributed by atoms with Crippen LogP contribution >= 0.6 is 11.6 Å². The molecule has 0 bridgehead atoms. The summed E-state index contributed by atoms with van der Waals surface area (Å²) in [6.45, 7) is 4.72. The largest absolute Gasteiger partial charge is 0.497 e. The van der Waals surface area contributed by atoms with Crippen molar-refractivity contribution in [2.24, 2.45) is 5.41 Å². The summed E-state index contributed by atoms with van der Waals surface area (Å²) in [6.07, 6.45) is 1.84. The molecule has 0 aliphatic heterocycles. The molecular formula is C16H24ClNO3. The molecule has 1 rings (SSSR count). The normalized spacial score (nSPS) is 11.1. The molecule has 1 N–H and O–H groups in total. The predicted molar refractivity (Wildman–Crippen MR) is 85.6 cm³/mol. The minimum atomic E-state index is -0.179. The van der Waals surface area contributed by atoms with E-state index in [4.69, 9.17) is 21.1 Å². The van der Waals surface area contributed by atoms with E-state index in [-0.39, 0.29) is 11.3 Å². The van der Waals surface area contributed by atoms with Crippen molar-refractivity contribution >= 4 is 17.5 Å². The number of nitrogens with one attached hydrogen (secondary N) is 1. The molecule has 0 saturated carbocycles. The molecule has 0 aliphatic carbocycles. The fraction of sp³-hybridized carbons (Fsp3) is 0.562. The minimum absolute atomic E-state index is 0.0662. The Morgan fingerprint density at radius 2 is 1.90 bits per heavy atom. The molecule has 0 atom stereocenters. The van der Waals surface area contributed by atoms with Gasteiger partial charge in [0.15, 0.2) is 0 Å². The quantitative estimate of drug-likeness (QED) is 0.747. The van der Waals surface area contributed by atoms with E-state index < -0.39 is 0 Å². The van der Waals surface area contributed by atoms with Gasteiger partial charge >= 0.3 is 0 Å². The lowest BCUT2D eigenvalue weighted by Crippen LogP contribution is -2.38. The van der Waals surface area contributed by atoms with E-state index in [9.17, 15) is 4.79 Å². The number of alkyl halides is 1. The van der Waals surface area contributed by atoms with Gasteiger partial charge in [-0.05, 0) is 31.0 Å². The Morgan fingerprint density at radius 3 is 2.38 bits per heavy atom. The summed E-state index contributed by atoms with van der Waals surface area (Å²) in [5, 5.41) is 2.96. The van der Waals surface area contributed by atoms with Gasteiger partial charge in [-0.3, -0.25) is 4.79 Å². The molecule has 0 radical (unpaired) electrons. The smallest absolute Gasteiger partial charge is 0.255 e. The zero-order valence-electron chi connectivity index (χ0n) is 13.2. The predicted octanol–water partition coefficient (Wildman–Crippen LogP) is 3.48. The number of amides is 1. The van der Waals surface area contributed by atoms with E-state index >= 15 is 0 Å². The van der Waals surface area contributed by atoms with Gasteiger partial charge in [-0.1, -0.05) is 13.8 Å². The van der Waals surface area contributed by atoms with Crippen molar-refractivity contribution in [3.63, 3.8) is 0 Å². The van der Waals surface area contributed by atoms with Crippen molar-refractivity contribution in [3.8, 4) is 11.5 Å². The van der Waals surface area contributed by atoms with Gasteiger partial charge in [0, 0.05) is 17.8 Å².